The Morgan fingerprint density at radius 1 is 1.15 bits per heavy atom. The number of nitrogens with zero attached hydrogens (tertiary/aromatic N) is 2. The van der Waals surface area contributed by atoms with Crippen molar-refractivity contribution < 1.29 is 4.92 Å². The van der Waals surface area contributed by atoms with E-state index in [0.29, 0.717) is 16.8 Å². The van der Waals surface area contributed by atoms with Crippen molar-refractivity contribution in [1.82, 2.24) is 0 Å². The van der Waals surface area contributed by atoms with Gasteiger partial charge in [-0.25, -0.2) is 0 Å². The molecule has 0 aliphatic heterocycles. The lowest BCUT2D eigenvalue weighted by molar-refractivity contribution is -0.384. The highest BCUT2D eigenvalue weighted by Crippen LogP contribution is 2.21. The zero-order valence-corrected chi connectivity index (χ0v) is 10.5. The summed E-state index contributed by atoms with van der Waals surface area (Å²) in [5.74, 6) is 0. The van der Waals surface area contributed by atoms with Gasteiger partial charge >= 0.3 is 0 Å². The summed E-state index contributed by atoms with van der Waals surface area (Å²) in [5, 5.41) is 19.8. The third-order valence-electron chi connectivity index (χ3n) is 2.76. The number of nitrogen functional groups attached to an aromatic ring is 1. The van der Waals surface area contributed by atoms with Gasteiger partial charge < -0.3 is 5.73 Å². The van der Waals surface area contributed by atoms with Crippen molar-refractivity contribution in [3.63, 3.8) is 0 Å². The lowest BCUT2D eigenvalue weighted by Crippen LogP contribution is -1.88. The van der Waals surface area contributed by atoms with Gasteiger partial charge in [-0.3, -0.25) is 10.1 Å². The second-order valence-corrected chi connectivity index (χ2v) is 4.14. The van der Waals surface area contributed by atoms with Crippen LogP contribution in [0, 0.1) is 21.4 Å². The number of benzene rings is 2. The molecule has 0 atom stereocenters. The Labute approximate surface area is 115 Å². The molecule has 5 nitrogen and oxygen atoms in total. The molecule has 0 heterocycles. The van der Waals surface area contributed by atoms with Gasteiger partial charge in [-0.1, -0.05) is 12.1 Å². The minimum absolute atomic E-state index is 0.00137. The Morgan fingerprint density at radius 3 is 2.25 bits per heavy atom. The number of anilines is 1. The van der Waals surface area contributed by atoms with Crippen LogP contribution in [0.5, 0.6) is 0 Å². The van der Waals surface area contributed by atoms with Crippen LogP contribution >= 0.6 is 0 Å². The predicted molar refractivity (Wildman–Crippen MR) is 77.4 cm³/mol. The zero-order valence-electron chi connectivity index (χ0n) is 10.5. The molecule has 2 rings (SSSR count). The van der Waals surface area contributed by atoms with E-state index < -0.39 is 4.92 Å². The summed E-state index contributed by atoms with van der Waals surface area (Å²) in [6.07, 6.45) is 1.71. The third kappa shape index (κ3) is 3.00. The summed E-state index contributed by atoms with van der Waals surface area (Å²) in [5.41, 5.74) is 8.16. The summed E-state index contributed by atoms with van der Waals surface area (Å²) in [4.78, 5) is 10.1. The monoisotopic (exact) mass is 265 g/mol. The smallest absolute Gasteiger partial charge is 0.269 e. The lowest BCUT2D eigenvalue weighted by atomic mass is 10.0. The molecular weight excluding hydrogens is 254 g/mol. The Hall–Kier alpha value is -3.13. The van der Waals surface area contributed by atoms with Gasteiger partial charge in [0.1, 0.15) is 0 Å². The number of non-ortho nitro benzene ring substituents is 1. The van der Waals surface area contributed by atoms with Crippen LogP contribution in [0.4, 0.5) is 11.4 Å². The Morgan fingerprint density at radius 2 is 1.75 bits per heavy atom. The highest BCUT2D eigenvalue weighted by atomic mass is 16.6. The Balaban J connectivity index is 2.35. The molecule has 5 heteroatoms. The number of nitro groups is 1. The SMILES string of the molecule is N#C/C(=C\c1ccc(N)cc1)c1ccc([N+](=O)[O-])cc1. The molecule has 0 aliphatic rings. The van der Waals surface area contributed by atoms with Crippen molar-refractivity contribution in [2.45, 2.75) is 0 Å². The highest BCUT2D eigenvalue weighted by molar-refractivity contribution is 5.89. The number of nitriles is 1. The minimum Gasteiger partial charge on any atom is -0.399 e. The second kappa shape index (κ2) is 5.67. The van der Waals surface area contributed by atoms with Gasteiger partial charge in [0.2, 0.25) is 0 Å². The van der Waals surface area contributed by atoms with Crippen LogP contribution < -0.4 is 5.73 Å². The van der Waals surface area contributed by atoms with Crippen molar-refractivity contribution in [2.24, 2.45) is 0 Å². The van der Waals surface area contributed by atoms with Gasteiger partial charge in [0.15, 0.2) is 0 Å². The van der Waals surface area contributed by atoms with E-state index in [1.54, 1.807) is 42.5 Å². The molecule has 0 spiro atoms. The topological polar surface area (TPSA) is 93.0 Å². The van der Waals surface area contributed by atoms with E-state index in [1.807, 2.05) is 0 Å². The summed E-state index contributed by atoms with van der Waals surface area (Å²) in [6.45, 7) is 0. The quantitative estimate of drug-likeness (QED) is 0.303. The fourth-order valence-corrected chi connectivity index (χ4v) is 1.70. The molecule has 0 saturated carbocycles. The maximum Gasteiger partial charge on any atom is 0.269 e. The molecule has 98 valence electrons. The van der Waals surface area contributed by atoms with E-state index in [0.717, 1.165) is 5.56 Å². The van der Waals surface area contributed by atoms with E-state index in [1.165, 1.54) is 12.1 Å². The van der Waals surface area contributed by atoms with Crippen LogP contribution in [0.15, 0.2) is 48.5 Å². The third-order valence-corrected chi connectivity index (χ3v) is 2.76. The maximum absolute atomic E-state index is 10.6. The average Bonchev–Trinajstić information content (AvgIpc) is 2.47. The lowest BCUT2D eigenvalue weighted by Gasteiger charge is -2.00. The zero-order chi connectivity index (χ0) is 14.5. The predicted octanol–water partition coefficient (Wildman–Crippen LogP) is 3.24. The van der Waals surface area contributed by atoms with Crippen LogP contribution in [0.25, 0.3) is 11.6 Å². The molecule has 0 amide bonds. The number of nitrogens with two attached hydrogens (primary N) is 1. The van der Waals surface area contributed by atoms with Crippen molar-refractivity contribution >= 4 is 23.0 Å². The molecule has 2 aromatic rings. The molecule has 2 N–H and O–H groups in total. The van der Waals surface area contributed by atoms with E-state index in [9.17, 15) is 15.4 Å². The molecule has 20 heavy (non-hydrogen) atoms. The van der Waals surface area contributed by atoms with E-state index in [2.05, 4.69) is 6.07 Å². The molecule has 0 unspecified atom stereocenters. The van der Waals surface area contributed by atoms with Gasteiger partial charge in [0.25, 0.3) is 5.69 Å². The molecule has 0 radical (unpaired) electrons. The first kappa shape index (κ1) is 13.3. The molecule has 0 fully saturated rings. The minimum atomic E-state index is -0.473. The van der Waals surface area contributed by atoms with Crippen molar-refractivity contribution in [2.75, 3.05) is 5.73 Å². The van der Waals surface area contributed by atoms with Gasteiger partial charge in [-0.15, -0.1) is 0 Å². The summed E-state index contributed by atoms with van der Waals surface area (Å²) < 4.78 is 0. The van der Waals surface area contributed by atoms with Crippen LogP contribution in [-0.2, 0) is 0 Å². The maximum atomic E-state index is 10.6. The van der Waals surface area contributed by atoms with E-state index >= 15 is 0 Å². The fraction of sp³-hybridized carbons (Fsp3) is 0. The van der Waals surface area contributed by atoms with Crippen LogP contribution in [0.2, 0.25) is 0 Å². The Kier molecular flexibility index (Phi) is 3.77. The Bertz CT molecular complexity index is 695. The highest BCUT2D eigenvalue weighted by Gasteiger charge is 2.06. The van der Waals surface area contributed by atoms with Crippen LogP contribution in [-0.4, -0.2) is 4.92 Å². The number of nitro benzene ring substituents is 1. The number of hydrogen-bond acceptors (Lipinski definition) is 4. The van der Waals surface area contributed by atoms with Crippen molar-refractivity contribution in [3.8, 4) is 6.07 Å². The fourth-order valence-electron chi connectivity index (χ4n) is 1.70. The molecule has 0 bridgehead atoms. The van der Waals surface area contributed by atoms with Gasteiger partial charge in [0, 0.05) is 17.8 Å². The normalized spacial score (nSPS) is 10.8. The number of allylic oxidation sites excluding steroid dienone is 1. The van der Waals surface area contributed by atoms with E-state index in [4.69, 9.17) is 5.73 Å². The molecular formula is C15H11N3O2. The molecule has 0 aromatic heterocycles. The largest absolute Gasteiger partial charge is 0.399 e. The van der Waals surface area contributed by atoms with Crippen molar-refractivity contribution in [1.29, 1.82) is 5.26 Å². The molecule has 0 aliphatic carbocycles. The second-order valence-electron chi connectivity index (χ2n) is 4.14. The first-order valence-corrected chi connectivity index (χ1v) is 5.82. The van der Waals surface area contributed by atoms with E-state index in [-0.39, 0.29) is 5.69 Å². The van der Waals surface area contributed by atoms with Crippen molar-refractivity contribution in [3.05, 3.63) is 69.8 Å². The van der Waals surface area contributed by atoms with Gasteiger partial charge in [-0.2, -0.15) is 5.26 Å². The van der Waals surface area contributed by atoms with Crippen LogP contribution in [0.1, 0.15) is 11.1 Å². The molecule has 0 saturated heterocycles. The number of rotatable bonds is 3. The summed E-state index contributed by atoms with van der Waals surface area (Å²) in [7, 11) is 0. The first-order valence-electron chi connectivity index (χ1n) is 5.82. The number of hydrogen-bond donors (Lipinski definition) is 1. The van der Waals surface area contributed by atoms with Gasteiger partial charge in [0.05, 0.1) is 16.6 Å². The molecule has 2 aromatic carbocycles. The standard InChI is InChI=1S/C15H11N3O2/c16-10-13(9-11-1-5-14(17)6-2-11)12-3-7-15(8-4-12)18(19)20/h1-9H,17H2/b13-9+. The van der Waals surface area contributed by atoms with Crippen LogP contribution in [0.3, 0.4) is 0 Å². The van der Waals surface area contributed by atoms with Gasteiger partial charge in [-0.05, 0) is 41.5 Å². The summed E-state index contributed by atoms with van der Waals surface area (Å²) >= 11 is 0. The first-order chi connectivity index (χ1) is 9.60. The summed E-state index contributed by atoms with van der Waals surface area (Å²) in [6, 6.07) is 15.1. The average molecular weight is 265 g/mol.